The first-order valence-corrected chi connectivity index (χ1v) is 15.0. The lowest BCUT2D eigenvalue weighted by molar-refractivity contribution is -0.142. The van der Waals surface area contributed by atoms with Crippen LogP contribution in [0.25, 0.3) is 10.9 Å². The van der Waals surface area contributed by atoms with Gasteiger partial charge < -0.3 is 43.2 Å². The molecule has 3 amide bonds. The van der Waals surface area contributed by atoms with E-state index in [9.17, 15) is 24.3 Å². The molecule has 0 fully saturated rings. The lowest BCUT2D eigenvalue weighted by Crippen LogP contribution is -2.59. The number of carboxylic acids is 1. The van der Waals surface area contributed by atoms with Crippen LogP contribution in [0.15, 0.2) is 65.8 Å². The first kappa shape index (κ1) is 34.6. The number of aromatic amines is 1. The van der Waals surface area contributed by atoms with Gasteiger partial charge in [-0.1, -0.05) is 68.8 Å². The molecule has 0 spiro atoms. The fourth-order valence-electron chi connectivity index (χ4n) is 4.93. The number of H-pyrrole nitrogens is 1. The predicted molar refractivity (Wildman–Crippen MR) is 173 cm³/mol. The standard InChI is InChI=1S/C32H44N8O5/c1-3-19(2)27(40-28(41)23(33)13-9-15-36-32(34)35)30(43)38-25(17-21-18-37-24-14-8-7-12-22(21)24)29(42)39-26(31(44)45)16-20-10-5-4-6-11-20/h4-8,10-12,14,18-19,23,25-27,37H,3,9,13,15-17,33H2,1-2H3,(H,38,43)(H,39,42)(H,40,41)(H,44,45)(H4,34,35,36). The molecular weight excluding hydrogens is 576 g/mol. The number of carbonyl (C=O) groups excluding carboxylic acids is 3. The molecule has 13 nitrogen and oxygen atoms in total. The molecule has 5 atom stereocenters. The van der Waals surface area contributed by atoms with Crippen LogP contribution < -0.4 is 33.2 Å². The Morgan fingerprint density at radius 3 is 2.22 bits per heavy atom. The molecule has 1 heterocycles. The van der Waals surface area contributed by atoms with Gasteiger partial charge in [-0.2, -0.15) is 0 Å². The number of amides is 3. The second kappa shape index (κ2) is 16.8. The van der Waals surface area contributed by atoms with Crippen molar-refractivity contribution in [3.63, 3.8) is 0 Å². The number of fused-ring (bicyclic) bond motifs is 1. The van der Waals surface area contributed by atoms with Gasteiger partial charge in [0.25, 0.3) is 0 Å². The van der Waals surface area contributed by atoms with Crippen LogP contribution in [0, 0.1) is 5.92 Å². The van der Waals surface area contributed by atoms with Crippen LogP contribution in [0.3, 0.4) is 0 Å². The van der Waals surface area contributed by atoms with E-state index in [0.29, 0.717) is 25.8 Å². The predicted octanol–water partition coefficient (Wildman–Crippen LogP) is 0.919. The third kappa shape index (κ3) is 10.3. The summed E-state index contributed by atoms with van der Waals surface area (Å²) in [7, 11) is 0. The molecule has 0 aliphatic carbocycles. The van der Waals surface area contributed by atoms with E-state index in [1.165, 1.54) is 0 Å². The largest absolute Gasteiger partial charge is 0.480 e. The van der Waals surface area contributed by atoms with Crippen molar-refractivity contribution >= 4 is 40.6 Å². The number of guanidine groups is 1. The smallest absolute Gasteiger partial charge is 0.326 e. The fraction of sp³-hybridized carbons (Fsp3) is 0.406. The highest BCUT2D eigenvalue weighted by atomic mass is 16.4. The number of nitrogens with two attached hydrogens (primary N) is 3. The summed E-state index contributed by atoms with van der Waals surface area (Å²) in [6.07, 6.45) is 3.20. The third-order valence-corrected chi connectivity index (χ3v) is 7.73. The first-order valence-electron chi connectivity index (χ1n) is 15.0. The number of benzene rings is 2. The lowest BCUT2D eigenvalue weighted by atomic mass is 9.96. The quantitative estimate of drug-likeness (QED) is 0.0613. The minimum absolute atomic E-state index is 0.0532. The fourth-order valence-corrected chi connectivity index (χ4v) is 4.93. The van der Waals surface area contributed by atoms with E-state index in [2.05, 4.69) is 25.9 Å². The summed E-state index contributed by atoms with van der Waals surface area (Å²) in [5.41, 5.74) is 19.1. The normalized spacial score (nSPS) is 14.4. The highest BCUT2D eigenvalue weighted by Gasteiger charge is 2.33. The van der Waals surface area contributed by atoms with Crippen molar-refractivity contribution in [2.45, 2.75) is 70.1 Å². The van der Waals surface area contributed by atoms with Crippen LogP contribution >= 0.6 is 0 Å². The van der Waals surface area contributed by atoms with Crippen molar-refractivity contribution in [3.05, 3.63) is 71.9 Å². The number of hydrogen-bond donors (Lipinski definition) is 8. The number of para-hydroxylation sites is 1. The number of carboxylic acid groups (broad SMARTS) is 1. The minimum atomic E-state index is -1.23. The third-order valence-electron chi connectivity index (χ3n) is 7.73. The second-order valence-corrected chi connectivity index (χ2v) is 11.1. The molecule has 3 aromatic rings. The molecule has 0 aliphatic heterocycles. The number of aliphatic imine (C=N–C) groups is 1. The number of aliphatic carboxylic acids is 1. The van der Waals surface area contributed by atoms with Gasteiger partial charge in [0, 0.05) is 36.5 Å². The van der Waals surface area contributed by atoms with E-state index in [4.69, 9.17) is 17.2 Å². The Kier molecular flexibility index (Phi) is 12.9. The summed E-state index contributed by atoms with van der Waals surface area (Å²) in [5.74, 6) is -3.33. The summed E-state index contributed by atoms with van der Waals surface area (Å²) >= 11 is 0. The molecule has 0 saturated heterocycles. The Hall–Kier alpha value is -4.91. The Balaban J connectivity index is 1.82. The van der Waals surface area contributed by atoms with E-state index in [0.717, 1.165) is 22.0 Å². The molecule has 45 heavy (non-hydrogen) atoms. The van der Waals surface area contributed by atoms with Crippen LogP contribution in [-0.4, -0.2) is 70.5 Å². The molecule has 11 N–H and O–H groups in total. The number of nitrogens with zero attached hydrogens (tertiary/aromatic N) is 1. The highest BCUT2D eigenvalue weighted by molar-refractivity contribution is 5.95. The van der Waals surface area contributed by atoms with E-state index in [-0.39, 0.29) is 24.7 Å². The van der Waals surface area contributed by atoms with Gasteiger partial charge in [0.05, 0.1) is 6.04 Å². The number of carbonyl (C=O) groups is 4. The molecule has 3 rings (SSSR count). The Labute approximate surface area is 262 Å². The Morgan fingerprint density at radius 1 is 0.889 bits per heavy atom. The van der Waals surface area contributed by atoms with E-state index < -0.39 is 47.9 Å². The zero-order chi connectivity index (χ0) is 32.9. The summed E-state index contributed by atoms with van der Waals surface area (Å²) in [6, 6.07) is 12.2. The summed E-state index contributed by atoms with van der Waals surface area (Å²) < 4.78 is 0. The zero-order valence-corrected chi connectivity index (χ0v) is 25.7. The summed E-state index contributed by atoms with van der Waals surface area (Å²) in [6.45, 7) is 4.00. The van der Waals surface area contributed by atoms with Crippen LogP contribution in [-0.2, 0) is 32.0 Å². The second-order valence-electron chi connectivity index (χ2n) is 11.1. The zero-order valence-electron chi connectivity index (χ0n) is 25.7. The number of rotatable bonds is 17. The van der Waals surface area contributed by atoms with Crippen LogP contribution in [0.1, 0.15) is 44.2 Å². The van der Waals surface area contributed by atoms with Crippen molar-refractivity contribution in [1.82, 2.24) is 20.9 Å². The average molecular weight is 621 g/mol. The van der Waals surface area contributed by atoms with Crippen molar-refractivity contribution in [3.8, 4) is 0 Å². The summed E-state index contributed by atoms with van der Waals surface area (Å²) in [5, 5.41) is 18.9. The van der Waals surface area contributed by atoms with Crippen LogP contribution in [0.5, 0.6) is 0 Å². The topological polar surface area (TPSA) is 231 Å². The highest BCUT2D eigenvalue weighted by Crippen LogP contribution is 2.20. The van der Waals surface area contributed by atoms with Crippen LogP contribution in [0.4, 0.5) is 0 Å². The molecule has 1 aromatic heterocycles. The van der Waals surface area contributed by atoms with Gasteiger partial charge in [0.1, 0.15) is 18.1 Å². The Bertz CT molecular complexity index is 1470. The maximum Gasteiger partial charge on any atom is 0.326 e. The number of aromatic nitrogens is 1. The minimum Gasteiger partial charge on any atom is -0.480 e. The van der Waals surface area contributed by atoms with Crippen molar-refractivity contribution in [2.24, 2.45) is 28.1 Å². The van der Waals surface area contributed by atoms with E-state index >= 15 is 0 Å². The molecule has 0 bridgehead atoms. The maximum absolute atomic E-state index is 13.7. The van der Waals surface area contributed by atoms with Gasteiger partial charge in [-0.05, 0) is 36.0 Å². The maximum atomic E-state index is 13.7. The summed E-state index contributed by atoms with van der Waals surface area (Å²) in [4.78, 5) is 59.6. The number of nitrogens with one attached hydrogen (secondary N) is 4. The monoisotopic (exact) mass is 620 g/mol. The van der Waals surface area contributed by atoms with Crippen molar-refractivity contribution in [1.29, 1.82) is 0 Å². The molecular formula is C32H44N8O5. The van der Waals surface area contributed by atoms with Gasteiger partial charge in [0.2, 0.25) is 17.7 Å². The Morgan fingerprint density at radius 2 is 1.56 bits per heavy atom. The molecule has 5 unspecified atom stereocenters. The van der Waals surface area contributed by atoms with E-state index in [1.807, 2.05) is 44.2 Å². The van der Waals surface area contributed by atoms with Gasteiger partial charge in [-0.3, -0.25) is 19.4 Å². The van der Waals surface area contributed by atoms with Gasteiger partial charge in [-0.25, -0.2) is 4.79 Å². The molecule has 242 valence electrons. The number of hydrogen-bond acceptors (Lipinski definition) is 6. The average Bonchev–Trinajstić information content (AvgIpc) is 3.43. The van der Waals surface area contributed by atoms with Crippen molar-refractivity contribution in [2.75, 3.05) is 6.54 Å². The molecule has 0 radical (unpaired) electrons. The van der Waals surface area contributed by atoms with Gasteiger partial charge >= 0.3 is 5.97 Å². The van der Waals surface area contributed by atoms with Crippen molar-refractivity contribution < 1.29 is 24.3 Å². The SMILES string of the molecule is CCC(C)C(NC(=O)C(N)CCCN=C(N)N)C(=O)NC(Cc1c[nH]c2ccccc12)C(=O)NC(Cc1ccccc1)C(=O)O. The molecule has 0 aliphatic rings. The molecule has 0 saturated carbocycles. The lowest BCUT2D eigenvalue weighted by Gasteiger charge is -2.28. The first-order chi connectivity index (χ1) is 21.5. The van der Waals surface area contributed by atoms with Gasteiger partial charge in [-0.15, -0.1) is 0 Å². The van der Waals surface area contributed by atoms with Gasteiger partial charge in [0.15, 0.2) is 5.96 Å². The molecule has 13 heteroatoms. The van der Waals surface area contributed by atoms with Crippen LogP contribution in [0.2, 0.25) is 0 Å². The molecule has 2 aromatic carbocycles. The van der Waals surface area contributed by atoms with E-state index in [1.54, 1.807) is 30.5 Å².